The zero-order chi connectivity index (χ0) is 24.4. The molecule has 2 fully saturated rings. The van der Waals surface area contributed by atoms with E-state index in [1.54, 1.807) is 22.9 Å². The number of carbonyl (C=O) groups is 1. The average molecular weight is 497 g/mol. The molecule has 5 rings (SSSR count). The van der Waals surface area contributed by atoms with Crippen molar-refractivity contribution < 1.29 is 13.2 Å². The predicted molar refractivity (Wildman–Crippen MR) is 135 cm³/mol. The summed E-state index contributed by atoms with van der Waals surface area (Å²) in [7, 11) is -3.84. The molecular formula is C25H32N6O3S. The van der Waals surface area contributed by atoms with Gasteiger partial charge in [-0.3, -0.25) is 4.79 Å². The molecule has 1 atom stereocenters. The number of piperazine rings is 1. The second kappa shape index (κ2) is 9.94. The largest absolute Gasteiger partial charge is 0.368 e. The molecule has 2 saturated heterocycles. The number of nitrogens with zero attached hydrogens (tertiary/aromatic N) is 6. The molecule has 35 heavy (non-hydrogen) atoms. The Labute approximate surface area is 206 Å². The maximum atomic E-state index is 13.7. The van der Waals surface area contributed by atoms with Gasteiger partial charge in [-0.25, -0.2) is 13.1 Å². The smallest absolute Gasteiger partial charge is 0.243 e. The second-order valence-electron chi connectivity index (χ2n) is 9.24. The number of hydrogen-bond donors (Lipinski definition) is 0. The Balaban J connectivity index is 1.33. The summed E-state index contributed by atoms with van der Waals surface area (Å²) in [5, 5.41) is 8.31. The van der Waals surface area contributed by atoms with Crippen LogP contribution in [0.5, 0.6) is 0 Å². The van der Waals surface area contributed by atoms with Crippen LogP contribution in [-0.4, -0.2) is 77.3 Å². The van der Waals surface area contributed by atoms with E-state index in [1.807, 2.05) is 23.1 Å². The monoisotopic (exact) mass is 496 g/mol. The van der Waals surface area contributed by atoms with Crippen LogP contribution in [0.1, 0.15) is 32.6 Å². The van der Waals surface area contributed by atoms with Crippen molar-refractivity contribution in [1.82, 2.24) is 24.2 Å². The van der Waals surface area contributed by atoms with Gasteiger partial charge in [-0.1, -0.05) is 36.8 Å². The number of benzene rings is 2. The minimum absolute atomic E-state index is 0.0871. The number of amides is 1. The third-order valence-electron chi connectivity index (χ3n) is 6.98. The van der Waals surface area contributed by atoms with Crippen molar-refractivity contribution in [2.45, 2.75) is 50.1 Å². The van der Waals surface area contributed by atoms with Crippen molar-refractivity contribution in [2.75, 3.05) is 37.6 Å². The van der Waals surface area contributed by atoms with E-state index in [0.29, 0.717) is 31.6 Å². The minimum atomic E-state index is -3.84. The lowest BCUT2D eigenvalue weighted by atomic mass is 10.0. The van der Waals surface area contributed by atoms with E-state index in [4.69, 9.17) is 0 Å². The van der Waals surface area contributed by atoms with E-state index < -0.39 is 16.1 Å². The first-order valence-corrected chi connectivity index (χ1v) is 13.9. The number of fused-ring (bicyclic) bond motifs is 1. The van der Waals surface area contributed by atoms with Crippen molar-refractivity contribution in [1.29, 1.82) is 0 Å². The van der Waals surface area contributed by atoms with Crippen LogP contribution in [0.4, 0.5) is 5.69 Å². The van der Waals surface area contributed by atoms with Gasteiger partial charge in [0, 0.05) is 45.0 Å². The normalized spacial score (nSPS) is 19.9. The summed E-state index contributed by atoms with van der Waals surface area (Å²) < 4.78 is 30.6. The highest BCUT2D eigenvalue weighted by Crippen LogP contribution is 2.29. The Morgan fingerprint density at radius 2 is 1.77 bits per heavy atom. The molecule has 0 saturated carbocycles. The van der Waals surface area contributed by atoms with E-state index in [0.717, 1.165) is 50.1 Å². The topological polar surface area (TPSA) is 91.6 Å². The van der Waals surface area contributed by atoms with E-state index in [-0.39, 0.29) is 10.8 Å². The minimum Gasteiger partial charge on any atom is -0.368 e. The van der Waals surface area contributed by atoms with Gasteiger partial charge >= 0.3 is 0 Å². The Kier molecular flexibility index (Phi) is 6.75. The van der Waals surface area contributed by atoms with Crippen LogP contribution in [-0.2, 0) is 21.4 Å². The fraction of sp³-hybridized carbons (Fsp3) is 0.480. The zero-order valence-corrected chi connectivity index (χ0v) is 20.9. The standard InChI is InChI=1S/C25H32N6O3S/c1-2-13-30-23-12-11-21(19-22(23)26-27-30)35(33,34)31-14-7-6-10-24(31)25(32)29-17-15-28(16-18-29)20-8-4-3-5-9-20/h3-5,8-9,11-12,19,24H,2,6-7,10,13-18H2,1H3/t24-/m1/s1. The number of para-hydroxylation sites is 1. The number of rotatable bonds is 6. The highest BCUT2D eigenvalue weighted by atomic mass is 32.2. The molecule has 0 spiro atoms. The molecule has 3 heterocycles. The van der Waals surface area contributed by atoms with E-state index >= 15 is 0 Å². The first-order valence-electron chi connectivity index (χ1n) is 12.4. The van der Waals surface area contributed by atoms with Crippen LogP contribution in [0.3, 0.4) is 0 Å². The van der Waals surface area contributed by atoms with Crippen molar-refractivity contribution in [3.63, 3.8) is 0 Å². The van der Waals surface area contributed by atoms with Crippen LogP contribution in [0.15, 0.2) is 53.4 Å². The van der Waals surface area contributed by atoms with Crippen molar-refractivity contribution in [2.24, 2.45) is 0 Å². The molecular weight excluding hydrogens is 464 g/mol. The van der Waals surface area contributed by atoms with Crippen LogP contribution < -0.4 is 4.90 Å². The summed E-state index contributed by atoms with van der Waals surface area (Å²) in [4.78, 5) is 17.8. The average Bonchev–Trinajstić information content (AvgIpc) is 3.31. The molecule has 0 bridgehead atoms. The first kappa shape index (κ1) is 23.7. The SMILES string of the molecule is CCCn1nnc2cc(S(=O)(=O)N3CCCC[C@@H]3C(=O)N3CCN(c4ccccc4)CC3)ccc21. The Hall–Kier alpha value is -2.98. The van der Waals surface area contributed by atoms with Gasteiger partial charge in [0.1, 0.15) is 11.6 Å². The zero-order valence-electron chi connectivity index (χ0n) is 20.1. The van der Waals surface area contributed by atoms with Crippen LogP contribution >= 0.6 is 0 Å². The molecule has 2 aromatic carbocycles. The summed E-state index contributed by atoms with van der Waals surface area (Å²) in [5.41, 5.74) is 2.51. The number of aromatic nitrogens is 3. The molecule has 0 N–H and O–H groups in total. The molecule has 0 aliphatic carbocycles. The summed E-state index contributed by atoms with van der Waals surface area (Å²) >= 11 is 0. The number of sulfonamides is 1. The van der Waals surface area contributed by atoms with Gasteiger partial charge in [0.05, 0.1) is 10.4 Å². The highest BCUT2D eigenvalue weighted by Gasteiger charge is 2.40. The van der Waals surface area contributed by atoms with Crippen molar-refractivity contribution in [3.8, 4) is 0 Å². The van der Waals surface area contributed by atoms with E-state index in [1.165, 1.54) is 4.31 Å². The molecule has 2 aliphatic rings. The lowest BCUT2D eigenvalue weighted by Crippen LogP contribution is -2.57. The van der Waals surface area contributed by atoms with Gasteiger partial charge in [0.25, 0.3) is 0 Å². The van der Waals surface area contributed by atoms with E-state index in [9.17, 15) is 13.2 Å². The van der Waals surface area contributed by atoms with Gasteiger partial charge in [-0.05, 0) is 49.6 Å². The molecule has 9 nitrogen and oxygen atoms in total. The summed E-state index contributed by atoms with van der Waals surface area (Å²) in [6, 6.07) is 14.5. The van der Waals surface area contributed by atoms with Crippen LogP contribution in [0, 0.1) is 0 Å². The number of aryl methyl sites for hydroxylation is 1. The maximum Gasteiger partial charge on any atom is 0.243 e. The summed E-state index contributed by atoms with van der Waals surface area (Å²) in [6.45, 7) is 5.78. The van der Waals surface area contributed by atoms with Crippen LogP contribution in [0.2, 0.25) is 0 Å². The second-order valence-corrected chi connectivity index (χ2v) is 11.1. The third-order valence-corrected chi connectivity index (χ3v) is 8.88. The van der Waals surface area contributed by atoms with Gasteiger partial charge < -0.3 is 9.80 Å². The van der Waals surface area contributed by atoms with Gasteiger partial charge in [0.15, 0.2) is 0 Å². The predicted octanol–water partition coefficient (Wildman–Crippen LogP) is 2.73. The summed E-state index contributed by atoms with van der Waals surface area (Å²) in [5.74, 6) is -0.0871. The molecule has 3 aromatic rings. The van der Waals surface area contributed by atoms with Crippen molar-refractivity contribution in [3.05, 3.63) is 48.5 Å². The summed E-state index contributed by atoms with van der Waals surface area (Å²) in [6.07, 6.45) is 3.05. The molecule has 2 aliphatic heterocycles. The van der Waals surface area contributed by atoms with Gasteiger partial charge in [0.2, 0.25) is 15.9 Å². The Morgan fingerprint density at radius 1 is 1.00 bits per heavy atom. The maximum absolute atomic E-state index is 13.7. The van der Waals surface area contributed by atoms with Gasteiger partial charge in [-0.15, -0.1) is 5.10 Å². The molecule has 0 unspecified atom stereocenters. The molecule has 10 heteroatoms. The fourth-order valence-corrected chi connectivity index (χ4v) is 6.77. The number of carbonyl (C=O) groups excluding carboxylic acids is 1. The van der Waals surface area contributed by atoms with E-state index in [2.05, 4.69) is 34.3 Å². The van der Waals surface area contributed by atoms with Crippen LogP contribution in [0.25, 0.3) is 11.0 Å². The quantitative estimate of drug-likeness (QED) is 0.521. The van der Waals surface area contributed by atoms with Gasteiger partial charge in [-0.2, -0.15) is 4.31 Å². The lowest BCUT2D eigenvalue weighted by molar-refractivity contribution is -0.136. The fourth-order valence-electron chi connectivity index (χ4n) is 5.10. The molecule has 1 aromatic heterocycles. The number of hydrogen-bond acceptors (Lipinski definition) is 6. The first-order chi connectivity index (χ1) is 17.0. The Bertz CT molecular complexity index is 1290. The van der Waals surface area contributed by atoms with Crippen molar-refractivity contribution >= 4 is 32.7 Å². The third kappa shape index (κ3) is 4.64. The lowest BCUT2D eigenvalue weighted by Gasteiger charge is -2.40. The molecule has 1 amide bonds. The number of piperidine rings is 1. The molecule has 0 radical (unpaired) electrons. The highest BCUT2D eigenvalue weighted by molar-refractivity contribution is 7.89. The number of anilines is 1. The molecule has 186 valence electrons. The Morgan fingerprint density at radius 3 is 2.51 bits per heavy atom.